The molecule has 1 aliphatic rings. The van der Waals surface area contributed by atoms with Crippen molar-refractivity contribution in [2.24, 2.45) is 11.5 Å². The van der Waals surface area contributed by atoms with Crippen LogP contribution in [0.2, 0.25) is 0 Å². The van der Waals surface area contributed by atoms with Gasteiger partial charge in [-0.25, -0.2) is 0 Å². The fourth-order valence-corrected chi connectivity index (χ4v) is 3.96. The van der Waals surface area contributed by atoms with E-state index in [0.29, 0.717) is 5.56 Å². The number of aryl methyl sites for hydroxylation is 1. The summed E-state index contributed by atoms with van der Waals surface area (Å²) in [5.41, 5.74) is 16.1. The maximum atomic E-state index is 11.6. The summed E-state index contributed by atoms with van der Waals surface area (Å²) in [6.45, 7) is 3.88. The van der Waals surface area contributed by atoms with E-state index in [4.69, 9.17) is 11.5 Å². The van der Waals surface area contributed by atoms with Gasteiger partial charge in [0.05, 0.1) is 16.8 Å². The highest BCUT2D eigenvalue weighted by molar-refractivity contribution is 6.00. The molecule has 0 atom stereocenters. The van der Waals surface area contributed by atoms with E-state index in [1.54, 1.807) is 12.1 Å². The van der Waals surface area contributed by atoms with E-state index in [-0.39, 0.29) is 17.4 Å². The molecule has 0 aliphatic carbocycles. The van der Waals surface area contributed by atoms with E-state index >= 15 is 0 Å². The van der Waals surface area contributed by atoms with Crippen LogP contribution in [0.4, 0.5) is 5.69 Å². The van der Waals surface area contributed by atoms with Crippen LogP contribution < -0.4 is 16.4 Å². The van der Waals surface area contributed by atoms with Crippen LogP contribution in [0.15, 0.2) is 42.6 Å². The number of para-hydroxylation sites is 1. The Kier molecular flexibility index (Phi) is 4.65. The summed E-state index contributed by atoms with van der Waals surface area (Å²) >= 11 is 0. The zero-order valence-electron chi connectivity index (χ0n) is 15.9. The first-order valence-electron chi connectivity index (χ1n) is 9.47. The molecule has 1 aromatic heterocycles. The molecule has 5 N–H and O–H groups in total. The van der Waals surface area contributed by atoms with Crippen molar-refractivity contribution in [3.8, 4) is 16.9 Å². The summed E-state index contributed by atoms with van der Waals surface area (Å²) in [5, 5.41) is 11.6. The van der Waals surface area contributed by atoms with E-state index in [1.165, 1.54) is 6.07 Å². The van der Waals surface area contributed by atoms with Gasteiger partial charge in [0.1, 0.15) is 5.75 Å². The fraction of sp³-hybridized carbons (Fsp3) is 0.273. The van der Waals surface area contributed by atoms with Crippen molar-refractivity contribution in [3.05, 3.63) is 53.7 Å². The number of carbonyl (C=O) groups is 1. The van der Waals surface area contributed by atoms with Crippen LogP contribution in [-0.4, -0.2) is 35.1 Å². The largest absolute Gasteiger partial charge is 0.506 e. The van der Waals surface area contributed by atoms with Gasteiger partial charge in [-0.3, -0.25) is 9.78 Å². The van der Waals surface area contributed by atoms with Crippen molar-refractivity contribution in [2.45, 2.75) is 25.8 Å². The maximum Gasteiger partial charge on any atom is 0.252 e. The van der Waals surface area contributed by atoms with Gasteiger partial charge >= 0.3 is 0 Å². The number of primary amides is 1. The monoisotopic (exact) mass is 376 g/mol. The molecule has 0 unspecified atom stereocenters. The van der Waals surface area contributed by atoms with E-state index in [9.17, 15) is 9.90 Å². The Morgan fingerprint density at radius 1 is 1.21 bits per heavy atom. The minimum absolute atomic E-state index is 0.0968. The lowest BCUT2D eigenvalue weighted by atomic mass is 9.97. The molecule has 2 aromatic carbocycles. The lowest BCUT2D eigenvalue weighted by molar-refractivity contribution is 0.0998. The standard InChI is InChI=1S/C22H24N4O2/c1-13-12-25-19-6-5-14(16-3-2-4-17(21(16)27)22(24)28)11-18(19)20(13)26-9-7-15(23)8-10-26/h2-6,11-12,15,27H,7-10,23H2,1H3,(H2,24,28). The number of hydrogen-bond acceptors (Lipinski definition) is 5. The van der Waals surface area contributed by atoms with Crippen molar-refractivity contribution in [3.63, 3.8) is 0 Å². The molecule has 1 fully saturated rings. The number of phenols is 1. The van der Waals surface area contributed by atoms with E-state index in [2.05, 4.69) is 16.8 Å². The smallest absolute Gasteiger partial charge is 0.252 e. The van der Waals surface area contributed by atoms with Crippen LogP contribution in [0.3, 0.4) is 0 Å². The van der Waals surface area contributed by atoms with Crippen LogP contribution in [0, 0.1) is 6.92 Å². The number of nitrogens with two attached hydrogens (primary N) is 2. The minimum atomic E-state index is -0.650. The number of aromatic hydroxyl groups is 1. The zero-order valence-corrected chi connectivity index (χ0v) is 15.9. The molecule has 1 amide bonds. The Balaban J connectivity index is 1.86. The van der Waals surface area contributed by atoms with Gasteiger partial charge in [-0.2, -0.15) is 0 Å². The van der Waals surface area contributed by atoms with Crippen LogP contribution in [-0.2, 0) is 0 Å². The highest BCUT2D eigenvalue weighted by Gasteiger charge is 2.21. The summed E-state index contributed by atoms with van der Waals surface area (Å²) in [5.74, 6) is -0.747. The molecule has 0 saturated carbocycles. The number of carbonyl (C=O) groups excluding carboxylic acids is 1. The van der Waals surface area contributed by atoms with Crippen LogP contribution in [0.1, 0.15) is 28.8 Å². The number of nitrogens with zero attached hydrogens (tertiary/aromatic N) is 2. The Morgan fingerprint density at radius 2 is 1.96 bits per heavy atom. The summed E-state index contributed by atoms with van der Waals surface area (Å²) in [6, 6.07) is 11.2. The molecule has 2 heterocycles. The first-order valence-corrected chi connectivity index (χ1v) is 9.47. The highest BCUT2D eigenvalue weighted by Crippen LogP contribution is 2.37. The first-order chi connectivity index (χ1) is 13.5. The van der Waals surface area contributed by atoms with Gasteiger partial charge in [0, 0.05) is 36.3 Å². The predicted octanol–water partition coefficient (Wildman–Crippen LogP) is 2.94. The molecular weight excluding hydrogens is 352 g/mol. The molecular formula is C22H24N4O2. The number of rotatable bonds is 3. The third kappa shape index (κ3) is 3.16. The molecule has 1 aliphatic heterocycles. The van der Waals surface area contributed by atoms with Crippen molar-refractivity contribution >= 4 is 22.5 Å². The second-order valence-corrected chi connectivity index (χ2v) is 7.41. The van der Waals surface area contributed by atoms with Crippen molar-refractivity contribution < 1.29 is 9.90 Å². The summed E-state index contributed by atoms with van der Waals surface area (Å²) in [4.78, 5) is 18.5. The Morgan fingerprint density at radius 3 is 2.68 bits per heavy atom. The Hall–Kier alpha value is -3.12. The van der Waals surface area contributed by atoms with E-state index in [0.717, 1.165) is 53.6 Å². The molecule has 6 heteroatoms. The van der Waals surface area contributed by atoms with Crippen molar-refractivity contribution in [2.75, 3.05) is 18.0 Å². The highest BCUT2D eigenvalue weighted by atomic mass is 16.3. The third-order valence-electron chi connectivity index (χ3n) is 5.49. The van der Waals surface area contributed by atoms with Gasteiger partial charge in [-0.15, -0.1) is 0 Å². The third-order valence-corrected chi connectivity index (χ3v) is 5.49. The molecule has 28 heavy (non-hydrogen) atoms. The second-order valence-electron chi connectivity index (χ2n) is 7.41. The number of aromatic nitrogens is 1. The molecule has 0 bridgehead atoms. The summed E-state index contributed by atoms with van der Waals surface area (Å²) < 4.78 is 0. The van der Waals surface area contributed by atoms with Crippen LogP contribution >= 0.6 is 0 Å². The zero-order chi connectivity index (χ0) is 19.8. The van der Waals surface area contributed by atoms with Gasteiger partial charge in [0.25, 0.3) is 5.91 Å². The number of amides is 1. The first kappa shape index (κ1) is 18.3. The van der Waals surface area contributed by atoms with Gasteiger partial charge in [0.2, 0.25) is 0 Å². The normalized spacial score (nSPS) is 15.1. The lowest BCUT2D eigenvalue weighted by Crippen LogP contribution is -2.40. The molecule has 0 radical (unpaired) electrons. The van der Waals surface area contributed by atoms with E-state index < -0.39 is 5.91 Å². The number of benzene rings is 2. The quantitative estimate of drug-likeness (QED) is 0.652. The molecule has 6 nitrogen and oxygen atoms in total. The summed E-state index contributed by atoms with van der Waals surface area (Å²) in [7, 11) is 0. The Labute approximate surface area is 163 Å². The van der Waals surface area contributed by atoms with Gasteiger partial charge in [-0.05, 0) is 49.1 Å². The summed E-state index contributed by atoms with van der Waals surface area (Å²) in [6.07, 6.45) is 3.83. The number of fused-ring (bicyclic) bond motifs is 1. The number of hydrogen-bond donors (Lipinski definition) is 3. The minimum Gasteiger partial charge on any atom is -0.506 e. The number of pyridine rings is 1. The van der Waals surface area contributed by atoms with Crippen molar-refractivity contribution in [1.82, 2.24) is 4.98 Å². The molecule has 0 spiro atoms. The van der Waals surface area contributed by atoms with Crippen LogP contribution in [0.5, 0.6) is 5.75 Å². The Bertz CT molecular complexity index is 1060. The average molecular weight is 376 g/mol. The number of anilines is 1. The lowest BCUT2D eigenvalue weighted by Gasteiger charge is -2.33. The molecule has 4 rings (SSSR count). The topological polar surface area (TPSA) is 105 Å². The van der Waals surface area contributed by atoms with Crippen LogP contribution in [0.25, 0.3) is 22.0 Å². The number of piperidine rings is 1. The van der Waals surface area contributed by atoms with Crippen molar-refractivity contribution in [1.29, 1.82) is 0 Å². The SMILES string of the molecule is Cc1cnc2ccc(-c3cccc(C(N)=O)c3O)cc2c1N1CCC(N)CC1. The van der Waals surface area contributed by atoms with Gasteiger partial charge in [0.15, 0.2) is 0 Å². The molecule has 3 aromatic rings. The fourth-order valence-electron chi connectivity index (χ4n) is 3.96. The maximum absolute atomic E-state index is 11.6. The second kappa shape index (κ2) is 7.13. The predicted molar refractivity (Wildman–Crippen MR) is 112 cm³/mol. The molecule has 1 saturated heterocycles. The van der Waals surface area contributed by atoms with E-state index in [1.807, 2.05) is 24.4 Å². The average Bonchev–Trinajstić information content (AvgIpc) is 2.68. The molecule has 144 valence electrons. The van der Waals surface area contributed by atoms with Gasteiger partial charge in [-0.1, -0.05) is 18.2 Å². The van der Waals surface area contributed by atoms with Gasteiger partial charge < -0.3 is 21.5 Å².